The van der Waals surface area contributed by atoms with Crippen molar-refractivity contribution in [3.05, 3.63) is 46.3 Å². The van der Waals surface area contributed by atoms with E-state index in [1.54, 1.807) is 12.1 Å². The molecule has 0 fully saturated rings. The highest BCUT2D eigenvalue weighted by molar-refractivity contribution is 5.84. The molecule has 0 aliphatic carbocycles. The van der Waals surface area contributed by atoms with E-state index in [0.29, 0.717) is 11.0 Å². The lowest BCUT2D eigenvalue weighted by molar-refractivity contribution is 0.468. The Labute approximate surface area is 86.3 Å². The van der Waals surface area contributed by atoms with Gasteiger partial charge in [-0.3, -0.25) is 0 Å². The average Bonchev–Trinajstić information content (AvgIpc) is 2.17. The lowest BCUT2D eigenvalue weighted by Crippen LogP contribution is -1.95. The van der Waals surface area contributed by atoms with Crippen molar-refractivity contribution in [2.75, 3.05) is 0 Å². The molecule has 0 saturated heterocycles. The molecule has 0 bridgehead atoms. The van der Waals surface area contributed by atoms with E-state index in [2.05, 4.69) is 0 Å². The monoisotopic (exact) mass is 202 g/mol. The molecule has 0 amide bonds. The van der Waals surface area contributed by atoms with Gasteiger partial charge in [0.1, 0.15) is 11.3 Å². The predicted octanol–water partition coefficient (Wildman–Crippen LogP) is 2.53. The average molecular weight is 202 g/mol. The van der Waals surface area contributed by atoms with Gasteiger partial charge in [0.05, 0.1) is 11.5 Å². The first-order chi connectivity index (χ1) is 7.20. The zero-order valence-corrected chi connectivity index (χ0v) is 8.23. The van der Waals surface area contributed by atoms with Crippen molar-refractivity contribution in [2.45, 2.75) is 6.92 Å². The van der Waals surface area contributed by atoms with E-state index in [9.17, 15) is 9.90 Å². The van der Waals surface area contributed by atoms with Crippen molar-refractivity contribution < 1.29 is 9.52 Å². The molecule has 1 aromatic heterocycles. The minimum atomic E-state index is -0.544. The largest absolute Gasteiger partial charge is 0.507 e. The molecule has 1 aromatic carbocycles. The standard InChI is InChI=1S/C12H10O3/c1-2-3-8-4-5-9-10(13)7-12(14)15-11(9)6-8/h2-7,13H,1H3/b3-2+. The van der Waals surface area contributed by atoms with Gasteiger partial charge in [-0.2, -0.15) is 0 Å². The van der Waals surface area contributed by atoms with Gasteiger partial charge in [-0.15, -0.1) is 0 Å². The Morgan fingerprint density at radius 3 is 2.87 bits per heavy atom. The van der Waals surface area contributed by atoms with Crippen LogP contribution in [0.5, 0.6) is 5.75 Å². The number of hydrogen-bond acceptors (Lipinski definition) is 3. The van der Waals surface area contributed by atoms with Crippen molar-refractivity contribution in [1.29, 1.82) is 0 Å². The molecule has 0 aliphatic heterocycles. The van der Waals surface area contributed by atoms with E-state index >= 15 is 0 Å². The highest BCUT2D eigenvalue weighted by Crippen LogP contribution is 2.23. The molecule has 76 valence electrons. The maximum Gasteiger partial charge on any atom is 0.339 e. The molecule has 0 saturated carbocycles. The molecule has 0 radical (unpaired) electrons. The molecule has 1 heterocycles. The molecule has 1 N–H and O–H groups in total. The maximum absolute atomic E-state index is 11.0. The summed E-state index contributed by atoms with van der Waals surface area (Å²) in [6, 6.07) is 6.36. The normalized spacial score (nSPS) is 11.3. The second kappa shape index (κ2) is 3.61. The van der Waals surface area contributed by atoms with Gasteiger partial charge in [0.25, 0.3) is 0 Å². The van der Waals surface area contributed by atoms with E-state index in [4.69, 9.17) is 4.42 Å². The van der Waals surface area contributed by atoms with Crippen LogP contribution in [0, 0.1) is 0 Å². The van der Waals surface area contributed by atoms with Gasteiger partial charge >= 0.3 is 5.63 Å². The number of rotatable bonds is 1. The molecule has 15 heavy (non-hydrogen) atoms. The minimum Gasteiger partial charge on any atom is -0.507 e. The van der Waals surface area contributed by atoms with E-state index in [0.717, 1.165) is 11.6 Å². The molecule has 3 nitrogen and oxygen atoms in total. The summed E-state index contributed by atoms with van der Waals surface area (Å²) in [7, 11) is 0. The van der Waals surface area contributed by atoms with E-state index < -0.39 is 5.63 Å². The fraction of sp³-hybridized carbons (Fsp3) is 0.0833. The van der Waals surface area contributed by atoms with Gasteiger partial charge in [-0.05, 0) is 24.6 Å². The fourth-order valence-electron chi connectivity index (χ4n) is 1.46. The van der Waals surface area contributed by atoms with Crippen molar-refractivity contribution >= 4 is 17.0 Å². The summed E-state index contributed by atoms with van der Waals surface area (Å²) in [4.78, 5) is 11.0. The highest BCUT2D eigenvalue weighted by Gasteiger charge is 2.03. The molecule has 0 unspecified atom stereocenters. The van der Waals surface area contributed by atoms with Crippen molar-refractivity contribution in [3.8, 4) is 5.75 Å². The Kier molecular flexibility index (Phi) is 2.29. The van der Waals surface area contributed by atoms with Crippen LogP contribution in [-0.2, 0) is 0 Å². The Hall–Kier alpha value is -2.03. The zero-order valence-electron chi connectivity index (χ0n) is 8.23. The highest BCUT2D eigenvalue weighted by atomic mass is 16.4. The summed E-state index contributed by atoms with van der Waals surface area (Å²) in [5.74, 6) is -0.0479. The lowest BCUT2D eigenvalue weighted by Gasteiger charge is -1.99. The first-order valence-electron chi connectivity index (χ1n) is 4.60. The van der Waals surface area contributed by atoms with Crippen LogP contribution in [0.15, 0.2) is 39.6 Å². The van der Waals surface area contributed by atoms with Crippen LogP contribution in [-0.4, -0.2) is 5.11 Å². The second-order valence-corrected chi connectivity index (χ2v) is 3.21. The Morgan fingerprint density at radius 2 is 2.13 bits per heavy atom. The lowest BCUT2D eigenvalue weighted by atomic mass is 10.1. The van der Waals surface area contributed by atoms with Crippen molar-refractivity contribution in [2.24, 2.45) is 0 Å². The van der Waals surface area contributed by atoms with E-state index in [1.807, 2.05) is 25.1 Å². The smallest absolute Gasteiger partial charge is 0.339 e. The number of hydrogen-bond donors (Lipinski definition) is 1. The Morgan fingerprint density at radius 1 is 1.33 bits per heavy atom. The zero-order chi connectivity index (χ0) is 10.8. The van der Waals surface area contributed by atoms with Gasteiger partial charge < -0.3 is 9.52 Å². The topological polar surface area (TPSA) is 50.4 Å². The van der Waals surface area contributed by atoms with Crippen LogP contribution >= 0.6 is 0 Å². The van der Waals surface area contributed by atoms with Crippen LogP contribution in [0.1, 0.15) is 12.5 Å². The summed E-state index contributed by atoms with van der Waals surface area (Å²) in [5.41, 5.74) is 0.784. The van der Waals surface area contributed by atoms with E-state index in [1.165, 1.54) is 0 Å². The minimum absolute atomic E-state index is 0.0479. The van der Waals surface area contributed by atoms with Crippen LogP contribution in [0.4, 0.5) is 0 Å². The molecule has 2 rings (SSSR count). The van der Waals surface area contributed by atoms with Gasteiger partial charge in [0.2, 0.25) is 0 Å². The predicted molar refractivity (Wildman–Crippen MR) is 58.9 cm³/mol. The van der Waals surface area contributed by atoms with Crippen LogP contribution in [0.2, 0.25) is 0 Å². The third-order valence-corrected chi connectivity index (χ3v) is 2.11. The molecule has 0 aliphatic rings. The van der Waals surface area contributed by atoms with E-state index in [-0.39, 0.29) is 5.75 Å². The quantitative estimate of drug-likeness (QED) is 0.723. The molecule has 0 atom stereocenters. The van der Waals surface area contributed by atoms with Gasteiger partial charge in [0.15, 0.2) is 0 Å². The molecule has 3 heteroatoms. The summed E-state index contributed by atoms with van der Waals surface area (Å²) in [6.07, 6.45) is 3.78. The molecule has 2 aromatic rings. The number of benzene rings is 1. The van der Waals surface area contributed by atoms with Crippen molar-refractivity contribution in [3.63, 3.8) is 0 Å². The Balaban J connectivity index is 2.76. The molecule has 0 spiro atoms. The van der Waals surface area contributed by atoms with Crippen LogP contribution < -0.4 is 5.63 Å². The maximum atomic E-state index is 11.0. The fourth-order valence-corrected chi connectivity index (χ4v) is 1.46. The van der Waals surface area contributed by atoms with Crippen LogP contribution in [0.25, 0.3) is 17.0 Å². The third kappa shape index (κ3) is 1.76. The van der Waals surface area contributed by atoms with Gasteiger partial charge in [-0.1, -0.05) is 18.2 Å². The van der Waals surface area contributed by atoms with Crippen LogP contribution in [0.3, 0.4) is 0 Å². The summed E-state index contributed by atoms with van der Waals surface area (Å²) in [6.45, 7) is 1.91. The van der Waals surface area contributed by atoms with Gasteiger partial charge in [0, 0.05) is 0 Å². The number of fused-ring (bicyclic) bond motifs is 1. The Bertz CT molecular complexity index is 579. The summed E-state index contributed by atoms with van der Waals surface area (Å²) in [5, 5.41) is 10.0. The molecular weight excluding hydrogens is 192 g/mol. The van der Waals surface area contributed by atoms with Crippen molar-refractivity contribution in [1.82, 2.24) is 0 Å². The second-order valence-electron chi connectivity index (χ2n) is 3.21. The first kappa shape index (κ1) is 9.52. The third-order valence-electron chi connectivity index (χ3n) is 2.11. The SMILES string of the molecule is C/C=C/c1ccc2c(O)cc(=O)oc2c1. The summed E-state index contributed by atoms with van der Waals surface area (Å²) >= 11 is 0. The molecular formula is C12H10O3. The summed E-state index contributed by atoms with van der Waals surface area (Å²) < 4.78 is 4.98. The number of allylic oxidation sites excluding steroid dienone is 1. The van der Waals surface area contributed by atoms with Gasteiger partial charge in [-0.25, -0.2) is 4.79 Å². The first-order valence-corrected chi connectivity index (χ1v) is 4.60. The number of aromatic hydroxyl groups is 1.